The highest BCUT2D eigenvalue weighted by atomic mass is 79.9. The number of halogens is 1. The fourth-order valence-corrected chi connectivity index (χ4v) is 2.25. The second-order valence-corrected chi connectivity index (χ2v) is 6.11. The third-order valence-corrected chi connectivity index (χ3v) is 3.98. The van der Waals surface area contributed by atoms with E-state index in [2.05, 4.69) is 32.1 Å². The average molecular weight is 378 g/mol. The van der Waals surface area contributed by atoms with Crippen LogP contribution in [0.25, 0.3) is 0 Å². The van der Waals surface area contributed by atoms with Crippen LogP contribution in [-0.4, -0.2) is 11.0 Å². The zero-order valence-electron chi connectivity index (χ0n) is 12.2. The van der Waals surface area contributed by atoms with Gasteiger partial charge in [-0.15, -0.1) is 0 Å². The van der Waals surface area contributed by atoms with Gasteiger partial charge in [-0.05, 0) is 67.5 Å². The summed E-state index contributed by atoms with van der Waals surface area (Å²) in [5.74, 6) is -0.252. The van der Waals surface area contributed by atoms with Crippen molar-refractivity contribution in [2.24, 2.45) is 0 Å². The van der Waals surface area contributed by atoms with E-state index in [1.165, 1.54) is 5.56 Å². The number of anilines is 1. The average Bonchev–Trinajstić information content (AvgIpc) is 2.50. The van der Waals surface area contributed by atoms with Gasteiger partial charge in [0.25, 0.3) is 5.91 Å². The van der Waals surface area contributed by atoms with Gasteiger partial charge in [0.2, 0.25) is 0 Å². The number of thiocarbonyl (C=S) groups is 1. The molecule has 0 unspecified atom stereocenters. The highest BCUT2D eigenvalue weighted by Gasteiger charge is 2.06. The van der Waals surface area contributed by atoms with E-state index in [0.29, 0.717) is 10.7 Å². The van der Waals surface area contributed by atoms with E-state index in [-0.39, 0.29) is 5.91 Å². The van der Waals surface area contributed by atoms with Crippen molar-refractivity contribution in [1.29, 1.82) is 0 Å². The van der Waals surface area contributed by atoms with Gasteiger partial charge in [-0.2, -0.15) is 0 Å². The molecule has 2 aromatic carbocycles. The molecule has 0 radical (unpaired) electrons. The summed E-state index contributed by atoms with van der Waals surface area (Å²) in [6.45, 7) is 4.05. The maximum absolute atomic E-state index is 12.0. The lowest BCUT2D eigenvalue weighted by Gasteiger charge is -2.14. The number of rotatable bonds is 2. The zero-order chi connectivity index (χ0) is 16.1. The summed E-state index contributed by atoms with van der Waals surface area (Å²) < 4.78 is 0.920. The van der Waals surface area contributed by atoms with Crippen molar-refractivity contribution >= 4 is 44.9 Å². The number of hydrogen-bond acceptors (Lipinski definition) is 2. The third kappa shape index (κ3) is 4.29. The highest BCUT2D eigenvalue weighted by molar-refractivity contribution is 9.10. The molecule has 0 atom stereocenters. The monoisotopic (exact) mass is 377 g/mol. The number of nitrogens with one attached hydrogen (secondary N) is 3. The van der Waals surface area contributed by atoms with E-state index in [4.69, 9.17) is 12.2 Å². The van der Waals surface area contributed by atoms with Crippen LogP contribution in [0.15, 0.2) is 46.9 Å². The molecule has 4 nitrogen and oxygen atoms in total. The number of hydrogen-bond donors (Lipinski definition) is 3. The predicted molar refractivity (Wildman–Crippen MR) is 96.9 cm³/mol. The Kier molecular flexibility index (Phi) is 5.51. The van der Waals surface area contributed by atoms with Gasteiger partial charge < -0.3 is 5.32 Å². The lowest BCUT2D eigenvalue weighted by molar-refractivity contribution is 0.0944. The molecular formula is C16H16BrN3OS. The minimum absolute atomic E-state index is 0.252. The van der Waals surface area contributed by atoms with Gasteiger partial charge >= 0.3 is 0 Å². The molecule has 0 aliphatic carbocycles. The quantitative estimate of drug-likeness (QED) is 0.551. The summed E-state index contributed by atoms with van der Waals surface area (Å²) in [5, 5.41) is 3.40. The van der Waals surface area contributed by atoms with Gasteiger partial charge in [0.05, 0.1) is 0 Å². The molecule has 114 valence electrons. The van der Waals surface area contributed by atoms with E-state index in [9.17, 15) is 4.79 Å². The second-order valence-electron chi connectivity index (χ2n) is 4.79. The first-order valence-electron chi connectivity index (χ1n) is 6.66. The second kappa shape index (κ2) is 7.38. The third-order valence-electron chi connectivity index (χ3n) is 3.25. The Bertz CT molecular complexity index is 701. The number of amides is 1. The van der Waals surface area contributed by atoms with Gasteiger partial charge in [-0.3, -0.25) is 15.6 Å². The van der Waals surface area contributed by atoms with Crippen LogP contribution in [0.4, 0.5) is 5.69 Å². The van der Waals surface area contributed by atoms with Crippen LogP contribution in [0.3, 0.4) is 0 Å². The SMILES string of the molecule is Cc1cccc(NC(=S)NNC(=O)c2ccc(Br)cc2)c1C. The van der Waals surface area contributed by atoms with Crippen LogP contribution in [0.2, 0.25) is 0 Å². The van der Waals surface area contributed by atoms with E-state index >= 15 is 0 Å². The van der Waals surface area contributed by atoms with Gasteiger partial charge in [0, 0.05) is 15.7 Å². The molecule has 0 bridgehead atoms. The van der Waals surface area contributed by atoms with Crippen LogP contribution in [0.1, 0.15) is 21.5 Å². The molecule has 0 spiro atoms. The van der Waals surface area contributed by atoms with Gasteiger partial charge in [-0.25, -0.2) is 0 Å². The van der Waals surface area contributed by atoms with Crippen molar-refractivity contribution in [3.63, 3.8) is 0 Å². The largest absolute Gasteiger partial charge is 0.331 e. The molecule has 0 saturated heterocycles. The molecule has 0 aliphatic heterocycles. The van der Waals surface area contributed by atoms with Crippen molar-refractivity contribution in [3.8, 4) is 0 Å². The Morgan fingerprint density at radius 2 is 1.73 bits per heavy atom. The Hall–Kier alpha value is -1.92. The molecular weight excluding hydrogens is 362 g/mol. The molecule has 0 fully saturated rings. The Morgan fingerprint density at radius 1 is 1.05 bits per heavy atom. The number of aryl methyl sites for hydroxylation is 1. The van der Waals surface area contributed by atoms with Crippen LogP contribution < -0.4 is 16.2 Å². The molecule has 1 amide bonds. The first-order chi connectivity index (χ1) is 10.5. The van der Waals surface area contributed by atoms with E-state index in [1.807, 2.05) is 44.2 Å². The van der Waals surface area contributed by atoms with Crippen molar-refractivity contribution in [3.05, 3.63) is 63.6 Å². The summed E-state index contributed by atoms with van der Waals surface area (Å²) in [7, 11) is 0. The summed E-state index contributed by atoms with van der Waals surface area (Å²) in [6.07, 6.45) is 0. The van der Waals surface area contributed by atoms with Crippen LogP contribution in [-0.2, 0) is 0 Å². The van der Waals surface area contributed by atoms with Crippen LogP contribution >= 0.6 is 28.1 Å². The summed E-state index contributed by atoms with van der Waals surface area (Å²) >= 11 is 8.51. The zero-order valence-corrected chi connectivity index (χ0v) is 14.6. The van der Waals surface area contributed by atoms with E-state index in [0.717, 1.165) is 15.7 Å². The van der Waals surface area contributed by atoms with Gasteiger partial charge in [0.15, 0.2) is 5.11 Å². The number of carbonyl (C=O) groups is 1. The van der Waals surface area contributed by atoms with Crippen molar-refractivity contribution in [1.82, 2.24) is 10.9 Å². The highest BCUT2D eigenvalue weighted by Crippen LogP contribution is 2.17. The van der Waals surface area contributed by atoms with Crippen molar-refractivity contribution < 1.29 is 4.79 Å². The normalized spacial score (nSPS) is 9.95. The topological polar surface area (TPSA) is 53.2 Å². The van der Waals surface area contributed by atoms with Crippen LogP contribution in [0.5, 0.6) is 0 Å². The lowest BCUT2D eigenvalue weighted by Crippen LogP contribution is -2.43. The first kappa shape index (κ1) is 16.5. The lowest BCUT2D eigenvalue weighted by atomic mass is 10.1. The first-order valence-corrected chi connectivity index (χ1v) is 7.86. The molecule has 0 heterocycles. The fraction of sp³-hybridized carbons (Fsp3) is 0.125. The minimum Gasteiger partial charge on any atom is -0.331 e. The molecule has 3 N–H and O–H groups in total. The maximum atomic E-state index is 12.0. The minimum atomic E-state index is -0.252. The Balaban J connectivity index is 1.91. The van der Waals surface area contributed by atoms with Gasteiger partial charge in [-0.1, -0.05) is 28.1 Å². The maximum Gasteiger partial charge on any atom is 0.269 e. The molecule has 2 aromatic rings. The predicted octanol–water partition coefficient (Wildman–Crippen LogP) is 3.70. The Labute approximate surface area is 143 Å². The molecule has 22 heavy (non-hydrogen) atoms. The number of benzene rings is 2. The molecule has 6 heteroatoms. The smallest absolute Gasteiger partial charge is 0.269 e. The number of hydrazine groups is 1. The van der Waals surface area contributed by atoms with Gasteiger partial charge in [0.1, 0.15) is 0 Å². The molecule has 0 aliphatic rings. The molecule has 2 rings (SSSR count). The summed E-state index contributed by atoms with van der Waals surface area (Å²) in [6, 6.07) is 13.0. The Morgan fingerprint density at radius 3 is 2.41 bits per heavy atom. The fourth-order valence-electron chi connectivity index (χ4n) is 1.83. The molecule has 0 saturated carbocycles. The van der Waals surface area contributed by atoms with E-state index < -0.39 is 0 Å². The van der Waals surface area contributed by atoms with Crippen molar-refractivity contribution in [2.75, 3.05) is 5.32 Å². The summed E-state index contributed by atoms with van der Waals surface area (Å²) in [5.41, 5.74) is 9.01. The van der Waals surface area contributed by atoms with E-state index in [1.54, 1.807) is 12.1 Å². The van der Waals surface area contributed by atoms with Crippen LogP contribution in [0, 0.1) is 13.8 Å². The van der Waals surface area contributed by atoms with Crippen molar-refractivity contribution in [2.45, 2.75) is 13.8 Å². The molecule has 0 aromatic heterocycles. The summed E-state index contributed by atoms with van der Waals surface area (Å²) in [4.78, 5) is 12.0. The standard InChI is InChI=1S/C16H16BrN3OS/c1-10-4-3-5-14(11(10)2)18-16(22)20-19-15(21)12-6-8-13(17)9-7-12/h3-9H,1-2H3,(H,19,21)(H2,18,20,22). The number of carbonyl (C=O) groups excluding carboxylic acids is 1.